The van der Waals surface area contributed by atoms with Gasteiger partial charge in [-0.25, -0.2) is 4.68 Å². The lowest BCUT2D eigenvalue weighted by Gasteiger charge is -2.04. The first kappa shape index (κ1) is 12.1. The SMILES string of the molecule is Cc1cc(C)n(-c2ccc(/C=C\C(N)=O)cc2)n1. The molecule has 92 valence electrons. The van der Waals surface area contributed by atoms with Crippen LogP contribution in [0.15, 0.2) is 36.4 Å². The number of carbonyl (C=O) groups excluding carboxylic acids is 1. The highest BCUT2D eigenvalue weighted by Gasteiger charge is 2.02. The molecule has 2 rings (SSSR count). The predicted molar refractivity (Wildman–Crippen MR) is 71.3 cm³/mol. The van der Waals surface area contributed by atoms with Gasteiger partial charge < -0.3 is 5.73 Å². The Balaban J connectivity index is 2.27. The molecule has 1 heterocycles. The van der Waals surface area contributed by atoms with Gasteiger partial charge in [0, 0.05) is 11.8 Å². The molecule has 0 spiro atoms. The number of carbonyl (C=O) groups is 1. The van der Waals surface area contributed by atoms with Gasteiger partial charge in [0.2, 0.25) is 5.91 Å². The number of amides is 1. The maximum atomic E-state index is 10.6. The molecule has 0 fully saturated rings. The number of rotatable bonds is 3. The van der Waals surface area contributed by atoms with Crippen molar-refractivity contribution >= 4 is 12.0 Å². The van der Waals surface area contributed by atoms with Crippen molar-refractivity contribution in [1.82, 2.24) is 9.78 Å². The second-order valence-corrected chi connectivity index (χ2v) is 4.17. The van der Waals surface area contributed by atoms with Gasteiger partial charge in [-0.05, 0) is 43.7 Å². The number of primary amides is 1. The predicted octanol–water partition coefficient (Wildman–Crippen LogP) is 1.99. The summed E-state index contributed by atoms with van der Waals surface area (Å²) in [6.45, 7) is 3.98. The quantitative estimate of drug-likeness (QED) is 0.835. The fourth-order valence-electron chi connectivity index (χ4n) is 1.80. The molecule has 0 saturated carbocycles. The van der Waals surface area contributed by atoms with Crippen molar-refractivity contribution in [3.63, 3.8) is 0 Å². The van der Waals surface area contributed by atoms with Gasteiger partial charge in [0.15, 0.2) is 0 Å². The van der Waals surface area contributed by atoms with Crippen molar-refractivity contribution < 1.29 is 4.79 Å². The molecular weight excluding hydrogens is 226 g/mol. The van der Waals surface area contributed by atoms with Gasteiger partial charge in [-0.15, -0.1) is 0 Å². The third kappa shape index (κ3) is 2.66. The zero-order chi connectivity index (χ0) is 13.1. The molecule has 4 nitrogen and oxygen atoms in total. The van der Waals surface area contributed by atoms with E-state index in [0.717, 1.165) is 22.6 Å². The van der Waals surface area contributed by atoms with Crippen molar-refractivity contribution in [3.8, 4) is 5.69 Å². The second-order valence-electron chi connectivity index (χ2n) is 4.17. The van der Waals surface area contributed by atoms with E-state index in [2.05, 4.69) is 5.10 Å². The van der Waals surface area contributed by atoms with E-state index in [4.69, 9.17) is 5.73 Å². The molecular formula is C14H15N3O. The van der Waals surface area contributed by atoms with Gasteiger partial charge in [0.25, 0.3) is 0 Å². The third-order valence-corrected chi connectivity index (χ3v) is 2.59. The smallest absolute Gasteiger partial charge is 0.241 e. The van der Waals surface area contributed by atoms with Gasteiger partial charge in [-0.3, -0.25) is 4.79 Å². The van der Waals surface area contributed by atoms with E-state index in [1.54, 1.807) is 6.08 Å². The second kappa shape index (κ2) is 4.87. The maximum absolute atomic E-state index is 10.6. The summed E-state index contributed by atoms with van der Waals surface area (Å²) in [7, 11) is 0. The van der Waals surface area contributed by atoms with Crippen molar-refractivity contribution in [2.24, 2.45) is 5.73 Å². The van der Waals surface area contributed by atoms with Gasteiger partial charge in [-0.2, -0.15) is 5.10 Å². The molecule has 0 unspecified atom stereocenters. The highest BCUT2D eigenvalue weighted by atomic mass is 16.1. The van der Waals surface area contributed by atoms with Crippen LogP contribution in [0.4, 0.5) is 0 Å². The van der Waals surface area contributed by atoms with E-state index in [9.17, 15) is 4.79 Å². The fourth-order valence-corrected chi connectivity index (χ4v) is 1.80. The third-order valence-electron chi connectivity index (χ3n) is 2.59. The molecule has 0 radical (unpaired) electrons. The van der Waals surface area contributed by atoms with Crippen LogP contribution in [0.1, 0.15) is 17.0 Å². The molecule has 1 amide bonds. The highest BCUT2D eigenvalue weighted by molar-refractivity contribution is 5.90. The first-order chi connectivity index (χ1) is 8.56. The van der Waals surface area contributed by atoms with E-state index in [-0.39, 0.29) is 0 Å². The monoisotopic (exact) mass is 241 g/mol. The Kier molecular flexibility index (Phi) is 3.28. The summed E-state index contributed by atoms with van der Waals surface area (Å²) in [5, 5.41) is 4.41. The molecule has 2 N–H and O–H groups in total. The minimum atomic E-state index is -0.447. The van der Waals surface area contributed by atoms with Gasteiger partial charge >= 0.3 is 0 Å². The van der Waals surface area contributed by atoms with Crippen molar-refractivity contribution in [2.75, 3.05) is 0 Å². The van der Waals surface area contributed by atoms with E-state index >= 15 is 0 Å². The zero-order valence-electron chi connectivity index (χ0n) is 10.4. The van der Waals surface area contributed by atoms with E-state index in [0.29, 0.717) is 0 Å². The molecule has 0 saturated heterocycles. The lowest BCUT2D eigenvalue weighted by atomic mass is 10.2. The summed E-state index contributed by atoms with van der Waals surface area (Å²) >= 11 is 0. The van der Waals surface area contributed by atoms with Crippen LogP contribution in [0.3, 0.4) is 0 Å². The van der Waals surface area contributed by atoms with Gasteiger partial charge in [0.1, 0.15) is 0 Å². The van der Waals surface area contributed by atoms with Crippen LogP contribution in [-0.4, -0.2) is 15.7 Å². The standard InChI is InChI=1S/C14H15N3O/c1-10-9-11(2)17(16-10)13-6-3-12(4-7-13)5-8-14(15)18/h3-9H,1-2H3,(H2,15,18)/b8-5-. The van der Waals surface area contributed by atoms with Crippen LogP contribution in [0.25, 0.3) is 11.8 Å². The Labute approximate surface area is 106 Å². The van der Waals surface area contributed by atoms with Crippen molar-refractivity contribution in [2.45, 2.75) is 13.8 Å². The molecule has 2 aromatic rings. The Morgan fingerprint density at radius 3 is 2.44 bits per heavy atom. The molecule has 0 aliphatic rings. The summed E-state index contributed by atoms with van der Waals surface area (Å²) < 4.78 is 1.89. The first-order valence-corrected chi connectivity index (χ1v) is 5.67. The zero-order valence-corrected chi connectivity index (χ0v) is 10.4. The Morgan fingerprint density at radius 1 is 1.28 bits per heavy atom. The van der Waals surface area contributed by atoms with Crippen LogP contribution in [0, 0.1) is 13.8 Å². The molecule has 0 atom stereocenters. The van der Waals surface area contributed by atoms with Crippen LogP contribution >= 0.6 is 0 Å². The van der Waals surface area contributed by atoms with E-state index < -0.39 is 5.91 Å². The average molecular weight is 241 g/mol. The molecule has 0 bridgehead atoms. The number of hydrogen-bond donors (Lipinski definition) is 1. The summed E-state index contributed by atoms with van der Waals surface area (Å²) in [5.41, 5.74) is 9.05. The van der Waals surface area contributed by atoms with Crippen molar-refractivity contribution in [1.29, 1.82) is 0 Å². The van der Waals surface area contributed by atoms with Crippen LogP contribution in [-0.2, 0) is 4.79 Å². The summed E-state index contributed by atoms with van der Waals surface area (Å²) in [6, 6.07) is 9.79. The number of aryl methyl sites for hydroxylation is 2. The Morgan fingerprint density at radius 2 is 1.94 bits per heavy atom. The lowest BCUT2D eigenvalue weighted by molar-refractivity contribution is -0.113. The Hall–Kier alpha value is -2.36. The molecule has 0 aliphatic carbocycles. The highest BCUT2D eigenvalue weighted by Crippen LogP contribution is 2.13. The first-order valence-electron chi connectivity index (χ1n) is 5.67. The molecule has 1 aromatic carbocycles. The average Bonchev–Trinajstić information content (AvgIpc) is 2.66. The molecule has 4 heteroatoms. The van der Waals surface area contributed by atoms with Gasteiger partial charge in [0.05, 0.1) is 11.4 Å². The minimum Gasteiger partial charge on any atom is -0.366 e. The summed E-state index contributed by atoms with van der Waals surface area (Å²) in [6.07, 6.45) is 3.03. The van der Waals surface area contributed by atoms with Crippen LogP contribution in [0.5, 0.6) is 0 Å². The van der Waals surface area contributed by atoms with Crippen LogP contribution in [0.2, 0.25) is 0 Å². The Bertz CT molecular complexity index is 594. The number of aromatic nitrogens is 2. The van der Waals surface area contributed by atoms with Crippen LogP contribution < -0.4 is 5.73 Å². The van der Waals surface area contributed by atoms with E-state index in [1.807, 2.05) is 48.9 Å². The minimum absolute atomic E-state index is 0.447. The van der Waals surface area contributed by atoms with Crippen molar-refractivity contribution in [3.05, 3.63) is 53.4 Å². The normalized spacial score (nSPS) is 11.0. The molecule has 1 aromatic heterocycles. The number of hydrogen-bond acceptors (Lipinski definition) is 2. The summed E-state index contributed by atoms with van der Waals surface area (Å²) in [5.74, 6) is -0.447. The fraction of sp³-hybridized carbons (Fsp3) is 0.143. The number of benzene rings is 1. The largest absolute Gasteiger partial charge is 0.366 e. The maximum Gasteiger partial charge on any atom is 0.241 e. The summed E-state index contributed by atoms with van der Waals surface area (Å²) in [4.78, 5) is 10.6. The lowest BCUT2D eigenvalue weighted by Crippen LogP contribution is -2.05. The van der Waals surface area contributed by atoms with E-state index in [1.165, 1.54) is 6.08 Å². The van der Waals surface area contributed by atoms with Gasteiger partial charge in [-0.1, -0.05) is 12.1 Å². The molecule has 0 aliphatic heterocycles. The number of nitrogens with zero attached hydrogens (tertiary/aromatic N) is 2. The number of nitrogens with two attached hydrogens (primary N) is 1. The molecule has 18 heavy (non-hydrogen) atoms. The topological polar surface area (TPSA) is 60.9 Å².